The van der Waals surface area contributed by atoms with E-state index in [1.165, 1.54) is 0 Å². The average molecular weight is 311 g/mol. The number of aromatic hydroxyl groups is 1. The van der Waals surface area contributed by atoms with Crippen molar-refractivity contribution < 1.29 is 5.11 Å². The van der Waals surface area contributed by atoms with Crippen LogP contribution in [0.2, 0.25) is 0 Å². The molecule has 0 radical (unpaired) electrons. The summed E-state index contributed by atoms with van der Waals surface area (Å²) in [7, 11) is 3.29. The lowest BCUT2D eigenvalue weighted by atomic mass is 9.90. The summed E-state index contributed by atoms with van der Waals surface area (Å²) >= 11 is 5.38. The van der Waals surface area contributed by atoms with E-state index < -0.39 is 0 Å². The molecule has 1 aromatic carbocycles. The van der Waals surface area contributed by atoms with E-state index >= 15 is 0 Å². The van der Waals surface area contributed by atoms with Crippen LogP contribution in [0.5, 0.6) is 5.75 Å². The highest BCUT2D eigenvalue weighted by molar-refractivity contribution is 7.79. The Bertz CT molecular complexity index is 606. The van der Waals surface area contributed by atoms with Crippen LogP contribution >= 0.6 is 32.9 Å². The highest BCUT2D eigenvalue weighted by atomic mass is 32.9. The zero-order valence-corrected chi connectivity index (χ0v) is 14.0. The van der Waals surface area contributed by atoms with Gasteiger partial charge in [-0.25, -0.2) is 0 Å². The van der Waals surface area contributed by atoms with Crippen molar-refractivity contribution in [2.45, 2.75) is 39.5 Å². The molecular formula is C15H18OS3. The lowest BCUT2D eigenvalue weighted by Crippen LogP contribution is -1.96. The third-order valence-electron chi connectivity index (χ3n) is 3.23. The second-order valence-corrected chi connectivity index (χ2v) is 8.06. The van der Waals surface area contributed by atoms with Crippen LogP contribution in [-0.2, 0) is 0 Å². The minimum atomic E-state index is 0.299. The predicted molar refractivity (Wildman–Crippen MR) is 88.3 cm³/mol. The van der Waals surface area contributed by atoms with E-state index in [9.17, 15) is 5.11 Å². The third-order valence-corrected chi connectivity index (χ3v) is 5.90. The van der Waals surface area contributed by atoms with Gasteiger partial charge in [-0.05, 0) is 40.7 Å². The van der Waals surface area contributed by atoms with Crippen molar-refractivity contribution >= 4 is 32.9 Å². The molecule has 102 valence electrons. The first-order valence-electron chi connectivity index (χ1n) is 6.36. The van der Waals surface area contributed by atoms with E-state index in [2.05, 4.69) is 45.2 Å². The van der Waals surface area contributed by atoms with Gasteiger partial charge in [-0.3, -0.25) is 0 Å². The van der Waals surface area contributed by atoms with Gasteiger partial charge in [0.25, 0.3) is 0 Å². The third kappa shape index (κ3) is 2.91. The molecule has 0 amide bonds. The molecular weight excluding hydrogens is 292 g/mol. The standard InChI is InChI=1S/C15H18OS3/c1-8(2)11-5-10(13-7-18-19-15(13)17)6-12(9(3)4)14(11)16/h5-9,16H,1-4H3. The fourth-order valence-corrected chi connectivity index (χ4v) is 4.51. The Morgan fingerprint density at radius 2 is 1.58 bits per heavy atom. The predicted octanol–water partition coefficient (Wildman–Crippen LogP) is 6.16. The van der Waals surface area contributed by atoms with Crippen molar-refractivity contribution in [3.05, 3.63) is 32.5 Å². The zero-order valence-electron chi connectivity index (χ0n) is 11.6. The fourth-order valence-electron chi connectivity index (χ4n) is 2.11. The quantitative estimate of drug-likeness (QED) is 0.541. The summed E-state index contributed by atoms with van der Waals surface area (Å²) < 4.78 is 0.931. The number of benzene rings is 1. The van der Waals surface area contributed by atoms with Crippen molar-refractivity contribution in [2.24, 2.45) is 0 Å². The normalized spacial score (nSPS) is 11.5. The van der Waals surface area contributed by atoms with Gasteiger partial charge in [0.05, 0.1) is 0 Å². The van der Waals surface area contributed by atoms with E-state index in [-0.39, 0.29) is 0 Å². The highest BCUT2D eigenvalue weighted by Gasteiger charge is 2.16. The Kier molecular flexibility index (Phi) is 4.43. The lowest BCUT2D eigenvalue weighted by Gasteiger charge is -2.17. The second kappa shape index (κ2) is 5.73. The summed E-state index contributed by atoms with van der Waals surface area (Å²) in [6, 6.07) is 4.16. The Hall–Kier alpha value is -0.710. The molecule has 4 heteroatoms. The molecule has 0 saturated carbocycles. The van der Waals surface area contributed by atoms with Gasteiger partial charge in [0.15, 0.2) is 0 Å². The summed E-state index contributed by atoms with van der Waals surface area (Å²) in [6.45, 7) is 8.42. The number of hydrogen-bond donors (Lipinski definition) is 1. The first-order chi connectivity index (χ1) is 8.91. The summed E-state index contributed by atoms with van der Waals surface area (Å²) in [5.74, 6) is 1.04. The van der Waals surface area contributed by atoms with Gasteiger partial charge >= 0.3 is 0 Å². The maximum absolute atomic E-state index is 10.4. The smallest absolute Gasteiger partial charge is 0.122 e. The molecule has 0 fully saturated rings. The molecule has 1 aromatic heterocycles. The maximum atomic E-state index is 10.4. The number of rotatable bonds is 3. The van der Waals surface area contributed by atoms with Crippen molar-refractivity contribution in [2.75, 3.05) is 0 Å². The van der Waals surface area contributed by atoms with Gasteiger partial charge in [-0.2, -0.15) is 0 Å². The fraction of sp³-hybridized carbons (Fsp3) is 0.400. The van der Waals surface area contributed by atoms with Gasteiger partial charge in [-0.1, -0.05) is 60.6 Å². The van der Waals surface area contributed by atoms with Crippen LogP contribution in [0.3, 0.4) is 0 Å². The highest BCUT2D eigenvalue weighted by Crippen LogP contribution is 2.39. The minimum Gasteiger partial charge on any atom is -0.507 e. The zero-order chi connectivity index (χ0) is 14.2. The molecule has 0 saturated heterocycles. The molecule has 0 bridgehead atoms. The molecule has 2 rings (SSSR count). The van der Waals surface area contributed by atoms with Gasteiger partial charge in [-0.15, -0.1) is 0 Å². The van der Waals surface area contributed by atoms with E-state index in [4.69, 9.17) is 12.2 Å². The average Bonchev–Trinajstić information content (AvgIpc) is 2.75. The van der Waals surface area contributed by atoms with Gasteiger partial charge in [0.1, 0.15) is 9.57 Å². The Labute approximate surface area is 127 Å². The number of hydrogen-bond acceptors (Lipinski definition) is 4. The molecule has 0 spiro atoms. The van der Waals surface area contributed by atoms with Crippen molar-refractivity contribution in [1.29, 1.82) is 0 Å². The van der Waals surface area contributed by atoms with Crippen LogP contribution in [0.15, 0.2) is 17.5 Å². The Morgan fingerprint density at radius 3 is 1.95 bits per heavy atom. The molecule has 0 aliphatic carbocycles. The molecule has 0 unspecified atom stereocenters. The van der Waals surface area contributed by atoms with Crippen LogP contribution in [0.25, 0.3) is 11.1 Å². The van der Waals surface area contributed by atoms with Crippen molar-refractivity contribution in [1.82, 2.24) is 0 Å². The molecule has 0 aliphatic heterocycles. The molecule has 1 N–H and O–H groups in total. The monoisotopic (exact) mass is 310 g/mol. The van der Waals surface area contributed by atoms with Crippen LogP contribution < -0.4 is 0 Å². The summed E-state index contributed by atoms with van der Waals surface area (Å²) in [4.78, 5) is 0. The lowest BCUT2D eigenvalue weighted by molar-refractivity contribution is 0.454. The largest absolute Gasteiger partial charge is 0.507 e. The van der Waals surface area contributed by atoms with Gasteiger partial charge in [0.2, 0.25) is 0 Å². The summed E-state index contributed by atoms with van der Waals surface area (Å²) in [6.07, 6.45) is 0. The van der Waals surface area contributed by atoms with Crippen LogP contribution in [-0.4, -0.2) is 5.11 Å². The molecule has 1 heterocycles. The van der Waals surface area contributed by atoms with E-state index in [1.54, 1.807) is 20.7 Å². The van der Waals surface area contributed by atoms with Crippen LogP contribution in [0.4, 0.5) is 0 Å². The summed E-state index contributed by atoms with van der Waals surface area (Å²) in [5, 5.41) is 12.5. The first-order valence-corrected chi connectivity index (χ1v) is 8.99. The van der Waals surface area contributed by atoms with E-state index in [0.29, 0.717) is 17.6 Å². The summed E-state index contributed by atoms with van der Waals surface area (Å²) in [5.41, 5.74) is 4.26. The van der Waals surface area contributed by atoms with Crippen molar-refractivity contribution in [3.63, 3.8) is 0 Å². The number of phenols is 1. The Balaban J connectivity index is 2.70. The Morgan fingerprint density at radius 1 is 1.05 bits per heavy atom. The van der Waals surface area contributed by atoms with E-state index in [0.717, 1.165) is 26.1 Å². The first kappa shape index (κ1) is 14.7. The molecule has 0 aliphatic rings. The second-order valence-electron chi connectivity index (χ2n) is 5.31. The topological polar surface area (TPSA) is 20.2 Å². The van der Waals surface area contributed by atoms with E-state index in [1.807, 2.05) is 0 Å². The molecule has 19 heavy (non-hydrogen) atoms. The maximum Gasteiger partial charge on any atom is 0.122 e. The van der Waals surface area contributed by atoms with Crippen LogP contribution in [0.1, 0.15) is 50.7 Å². The van der Waals surface area contributed by atoms with Gasteiger partial charge in [0, 0.05) is 10.9 Å². The minimum absolute atomic E-state index is 0.299. The molecule has 2 aromatic rings. The molecule has 0 atom stereocenters. The van der Waals surface area contributed by atoms with Gasteiger partial charge < -0.3 is 5.11 Å². The SMILES string of the molecule is CC(C)c1cc(-c2cssc2=S)cc(C(C)C)c1O. The van der Waals surface area contributed by atoms with Crippen LogP contribution in [0, 0.1) is 3.82 Å². The van der Waals surface area contributed by atoms with Crippen molar-refractivity contribution in [3.8, 4) is 16.9 Å². The number of phenolic OH excluding ortho intramolecular Hbond substituents is 1. The molecule has 1 nitrogen and oxygen atoms in total.